The van der Waals surface area contributed by atoms with Gasteiger partial charge in [-0.3, -0.25) is 4.79 Å². The van der Waals surface area contributed by atoms with Gasteiger partial charge in [-0.2, -0.15) is 0 Å². The van der Waals surface area contributed by atoms with Crippen LogP contribution in [-0.2, 0) is 6.54 Å². The molecule has 0 saturated carbocycles. The molecule has 0 unspecified atom stereocenters. The normalized spacial score (nSPS) is 11.3. The summed E-state index contributed by atoms with van der Waals surface area (Å²) in [6.45, 7) is 3.88. The number of halogens is 1. The summed E-state index contributed by atoms with van der Waals surface area (Å²) in [6.07, 6.45) is 0. The SMILES string of the molecule is CC(=O)c1sc(=Nc2ccc(-c3ccccc3)cc2)n(CCO)c1C.Cl. The molecule has 0 amide bonds. The number of aliphatic hydroxyl groups excluding tert-OH is 1. The average molecular weight is 389 g/mol. The fourth-order valence-corrected chi connectivity index (χ4v) is 3.80. The van der Waals surface area contributed by atoms with E-state index < -0.39 is 0 Å². The number of ketones is 1. The number of thiazole rings is 1. The lowest BCUT2D eigenvalue weighted by molar-refractivity contribution is 0.102. The lowest BCUT2D eigenvalue weighted by Crippen LogP contribution is -2.18. The van der Waals surface area contributed by atoms with E-state index in [2.05, 4.69) is 17.1 Å². The molecule has 0 saturated heterocycles. The quantitative estimate of drug-likeness (QED) is 0.659. The Kier molecular flexibility index (Phi) is 6.91. The van der Waals surface area contributed by atoms with Crippen molar-refractivity contribution in [3.63, 3.8) is 0 Å². The van der Waals surface area contributed by atoms with E-state index in [1.807, 2.05) is 54.0 Å². The fraction of sp³-hybridized carbons (Fsp3) is 0.200. The lowest BCUT2D eigenvalue weighted by atomic mass is 10.1. The molecule has 6 heteroatoms. The third-order valence-electron chi connectivity index (χ3n) is 4.00. The summed E-state index contributed by atoms with van der Waals surface area (Å²) >= 11 is 1.37. The molecule has 3 aromatic rings. The second-order valence-electron chi connectivity index (χ2n) is 5.76. The Bertz CT molecular complexity index is 944. The number of aromatic nitrogens is 1. The summed E-state index contributed by atoms with van der Waals surface area (Å²) in [4.78, 5) is 17.9. The minimum Gasteiger partial charge on any atom is -0.395 e. The van der Waals surface area contributed by atoms with Crippen LogP contribution in [0.5, 0.6) is 0 Å². The van der Waals surface area contributed by atoms with Gasteiger partial charge >= 0.3 is 0 Å². The maximum absolute atomic E-state index is 11.8. The Morgan fingerprint density at radius 3 is 2.27 bits per heavy atom. The first-order valence-electron chi connectivity index (χ1n) is 8.12. The van der Waals surface area contributed by atoms with Crippen LogP contribution in [0.4, 0.5) is 5.69 Å². The first-order chi connectivity index (χ1) is 12.1. The molecular weight excluding hydrogens is 368 g/mol. The average Bonchev–Trinajstić information content (AvgIpc) is 2.93. The lowest BCUT2D eigenvalue weighted by Gasteiger charge is -2.04. The Hall–Kier alpha value is -2.21. The minimum atomic E-state index is 0. The Morgan fingerprint density at radius 1 is 1.08 bits per heavy atom. The minimum absolute atomic E-state index is 0. The van der Waals surface area contributed by atoms with Gasteiger partial charge in [-0.25, -0.2) is 4.99 Å². The molecule has 0 bridgehead atoms. The van der Waals surface area contributed by atoms with Crippen LogP contribution in [0.25, 0.3) is 11.1 Å². The van der Waals surface area contributed by atoms with E-state index in [0.717, 1.165) is 27.3 Å². The Labute approximate surface area is 162 Å². The van der Waals surface area contributed by atoms with Gasteiger partial charge in [0.1, 0.15) is 0 Å². The van der Waals surface area contributed by atoms with Crippen LogP contribution in [0, 0.1) is 6.92 Å². The predicted molar refractivity (Wildman–Crippen MR) is 108 cm³/mol. The van der Waals surface area contributed by atoms with Crippen LogP contribution < -0.4 is 4.80 Å². The number of hydrogen-bond acceptors (Lipinski definition) is 4. The van der Waals surface area contributed by atoms with E-state index in [1.54, 1.807) is 6.92 Å². The first kappa shape index (κ1) is 20.1. The second-order valence-corrected chi connectivity index (χ2v) is 6.73. The van der Waals surface area contributed by atoms with Crippen LogP contribution in [0.2, 0.25) is 0 Å². The first-order valence-corrected chi connectivity index (χ1v) is 8.94. The molecule has 3 rings (SSSR count). The monoisotopic (exact) mass is 388 g/mol. The Balaban J connectivity index is 0.00000243. The van der Waals surface area contributed by atoms with Crippen LogP contribution in [-0.4, -0.2) is 22.1 Å². The number of aliphatic hydroxyl groups is 1. The van der Waals surface area contributed by atoms with Crippen LogP contribution >= 0.6 is 23.7 Å². The Morgan fingerprint density at radius 2 is 1.69 bits per heavy atom. The number of carbonyl (C=O) groups excluding carboxylic acids is 1. The smallest absolute Gasteiger partial charge is 0.190 e. The maximum atomic E-state index is 11.8. The van der Waals surface area contributed by atoms with Gasteiger partial charge < -0.3 is 9.67 Å². The molecule has 0 spiro atoms. The van der Waals surface area contributed by atoms with Crippen molar-refractivity contribution in [3.05, 3.63) is 70.0 Å². The molecule has 0 aliphatic rings. The third-order valence-corrected chi connectivity index (χ3v) is 5.28. The zero-order chi connectivity index (χ0) is 17.8. The number of hydrogen-bond donors (Lipinski definition) is 1. The molecular formula is C20H21ClN2O2S. The van der Waals surface area contributed by atoms with Crippen molar-refractivity contribution in [1.29, 1.82) is 0 Å². The summed E-state index contributed by atoms with van der Waals surface area (Å²) in [5.74, 6) is 0.0232. The summed E-state index contributed by atoms with van der Waals surface area (Å²) in [6, 6.07) is 18.2. The molecule has 0 aliphatic carbocycles. The molecule has 0 radical (unpaired) electrons. The van der Waals surface area contributed by atoms with Gasteiger partial charge in [-0.1, -0.05) is 53.8 Å². The molecule has 26 heavy (non-hydrogen) atoms. The summed E-state index contributed by atoms with van der Waals surface area (Å²) in [7, 11) is 0. The van der Waals surface area contributed by atoms with Crippen molar-refractivity contribution < 1.29 is 9.90 Å². The largest absolute Gasteiger partial charge is 0.395 e. The second kappa shape index (κ2) is 8.94. The van der Waals surface area contributed by atoms with Gasteiger partial charge in [0.2, 0.25) is 0 Å². The highest BCUT2D eigenvalue weighted by Crippen LogP contribution is 2.22. The maximum Gasteiger partial charge on any atom is 0.190 e. The molecule has 0 atom stereocenters. The van der Waals surface area contributed by atoms with Gasteiger partial charge in [0.05, 0.1) is 17.2 Å². The predicted octanol–water partition coefficient (Wildman–Crippen LogP) is 4.37. The molecule has 4 nitrogen and oxygen atoms in total. The van der Waals surface area contributed by atoms with Crippen molar-refractivity contribution in [2.24, 2.45) is 4.99 Å². The van der Waals surface area contributed by atoms with E-state index in [9.17, 15) is 9.90 Å². The van der Waals surface area contributed by atoms with E-state index >= 15 is 0 Å². The molecule has 0 fully saturated rings. The number of benzene rings is 2. The van der Waals surface area contributed by atoms with Crippen molar-refractivity contribution in [2.45, 2.75) is 20.4 Å². The molecule has 2 aromatic carbocycles. The van der Waals surface area contributed by atoms with Gasteiger partial charge in [-0.05, 0) is 30.2 Å². The molecule has 1 heterocycles. The third kappa shape index (κ3) is 4.30. The van der Waals surface area contributed by atoms with E-state index in [0.29, 0.717) is 11.4 Å². The molecule has 1 aromatic heterocycles. The van der Waals surface area contributed by atoms with Crippen molar-refractivity contribution in [1.82, 2.24) is 4.57 Å². The zero-order valence-corrected chi connectivity index (χ0v) is 16.3. The topological polar surface area (TPSA) is 54.6 Å². The highest BCUT2D eigenvalue weighted by molar-refractivity contribution is 7.11. The standard InChI is InChI=1S/C20H20N2O2S.ClH/c1-14-19(15(2)24)25-20(22(14)12-13-23)21-18-10-8-17(9-11-18)16-6-4-3-5-7-16;/h3-11,23H,12-13H2,1-2H3;1H. The number of Topliss-reactive ketones (excluding diaryl/α,β-unsaturated/α-hetero) is 1. The molecule has 0 aliphatic heterocycles. The highest BCUT2D eigenvalue weighted by Gasteiger charge is 2.13. The molecule has 136 valence electrons. The summed E-state index contributed by atoms with van der Waals surface area (Å²) in [5, 5.41) is 9.30. The summed E-state index contributed by atoms with van der Waals surface area (Å²) < 4.78 is 1.90. The highest BCUT2D eigenvalue weighted by atomic mass is 35.5. The van der Waals surface area contributed by atoms with Crippen LogP contribution in [0.1, 0.15) is 22.3 Å². The van der Waals surface area contributed by atoms with Gasteiger partial charge in [0.25, 0.3) is 0 Å². The summed E-state index contributed by atoms with van der Waals surface area (Å²) in [5.41, 5.74) is 3.97. The molecule has 1 N–H and O–H groups in total. The number of nitrogens with zero attached hydrogens (tertiary/aromatic N) is 2. The number of carbonyl (C=O) groups is 1. The van der Waals surface area contributed by atoms with Crippen molar-refractivity contribution in [3.8, 4) is 11.1 Å². The van der Waals surface area contributed by atoms with Crippen molar-refractivity contribution in [2.75, 3.05) is 6.61 Å². The van der Waals surface area contributed by atoms with Crippen LogP contribution in [0.3, 0.4) is 0 Å². The van der Waals surface area contributed by atoms with E-state index in [4.69, 9.17) is 0 Å². The number of rotatable bonds is 5. The zero-order valence-electron chi connectivity index (χ0n) is 14.7. The van der Waals surface area contributed by atoms with Crippen molar-refractivity contribution >= 4 is 35.2 Å². The van der Waals surface area contributed by atoms with Crippen LogP contribution in [0.15, 0.2) is 59.6 Å². The van der Waals surface area contributed by atoms with Gasteiger partial charge in [0.15, 0.2) is 10.6 Å². The van der Waals surface area contributed by atoms with E-state index in [-0.39, 0.29) is 24.8 Å². The van der Waals surface area contributed by atoms with Gasteiger partial charge in [0, 0.05) is 19.2 Å². The van der Waals surface area contributed by atoms with Gasteiger partial charge in [-0.15, -0.1) is 12.4 Å². The van der Waals surface area contributed by atoms with E-state index in [1.165, 1.54) is 11.3 Å². The fourth-order valence-electron chi connectivity index (χ4n) is 2.73.